The van der Waals surface area contributed by atoms with Gasteiger partial charge in [-0.1, -0.05) is 12.1 Å². The topological polar surface area (TPSA) is 93.4 Å². The first-order chi connectivity index (χ1) is 9.95. The van der Waals surface area contributed by atoms with E-state index < -0.39 is 18.0 Å². The summed E-state index contributed by atoms with van der Waals surface area (Å²) in [6.45, 7) is 1.55. The number of halogens is 1. The molecule has 1 aromatic rings. The monoisotopic (exact) mass is 293 g/mol. The summed E-state index contributed by atoms with van der Waals surface area (Å²) in [5.74, 6) is -1.52. The lowest BCUT2D eigenvalue weighted by molar-refractivity contribution is -0.141. The number of hydrogen-bond acceptors (Lipinski definition) is 3. The molecule has 0 saturated heterocycles. The van der Waals surface area contributed by atoms with E-state index in [0.717, 1.165) is 4.90 Å². The zero-order valence-electron chi connectivity index (χ0n) is 11.5. The highest BCUT2D eigenvalue weighted by Crippen LogP contribution is 2.05. The number of carbonyl (C=O) groups is 2. The van der Waals surface area contributed by atoms with E-state index in [1.165, 1.54) is 31.2 Å². The maximum Gasteiger partial charge on any atom is 0.326 e. The number of rotatable bonds is 6. The summed E-state index contributed by atoms with van der Waals surface area (Å²) in [4.78, 5) is 24.1. The van der Waals surface area contributed by atoms with Gasteiger partial charge in [-0.15, -0.1) is 0 Å². The number of carboxylic acid groups (broad SMARTS) is 1. The first-order valence-corrected chi connectivity index (χ1v) is 6.34. The Kier molecular flexibility index (Phi) is 6.14. The Hall–Kier alpha value is -2.62. The molecule has 0 aromatic heterocycles. The molecule has 1 unspecified atom stereocenters. The van der Waals surface area contributed by atoms with Crippen LogP contribution in [-0.2, 0) is 11.3 Å². The van der Waals surface area contributed by atoms with Gasteiger partial charge in [-0.3, -0.25) is 0 Å². The minimum Gasteiger partial charge on any atom is -0.480 e. The quantitative estimate of drug-likeness (QED) is 0.835. The predicted octanol–water partition coefficient (Wildman–Crippen LogP) is 1.72. The van der Waals surface area contributed by atoms with Crippen molar-refractivity contribution in [1.29, 1.82) is 5.26 Å². The van der Waals surface area contributed by atoms with Gasteiger partial charge in [0.1, 0.15) is 11.9 Å². The van der Waals surface area contributed by atoms with E-state index in [2.05, 4.69) is 5.32 Å². The van der Waals surface area contributed by atoms with Crippen LogP contribution in [0.15, 0.2) is 24.3 Å². The number of hydrogen-bond donors (Lipinski definition) is 2. The molecule has 0 fully saturated rings. The summed E-state index contributed by atoms with van der Waals surface area (Å²) < 4.78 is 12.8. The van der Waals surface area contributed by atoms with Gasteiger partial charge in [-0.25, -0.2) is 14.0 Å². The van der Waals surface area contributed by atoms with Crippen molar-refractivity contribution in [1.82, 2.24) is 10.2 Å². The average molecular weight is 293 g/mol. The lowest BCUT2D eigenvalue weighted by Gasteiger charge is -2.25. The Morgan fingerprint density at radius 1 is 1.43 bits per heavy atom. The van der Waals surface area contributed by atoms with Gasteiger partial charge in [0.15, 0.2) is 0 Å². The molecule has 112 valence electrons. The summed E-state index contributed by atoms with van der Waals surface area (Å²) in [6.07, 6.45) is 0.0432. The molecule has 0 aliphatic rings. The number of amides is 2. The predicted molar refractivity (Wildman–Crippen MR) is 72.7 cm³/mol. The van der Waals surface area contributed by atoms with Crippen LogP contribution in [-0.4, -0.2) is 34.6 Å². The molecule has 7 heteroatoms. The maximum absolute atomic E-state index is 12.8. The van der Waals surface area contributed by atoms with Gasteiger partial charge in [0.2, 0.25) is 0 Å². The number of nitriles is 1. The fourth-order valence-corrected chi connectivity index (χ4v) is 1.66. The van der Waals surface area contributed by atoms with Crippen LogP contribution in [0.1, 0.15) is 18.9 Å². The second kappa shape index (κ2) is 7.85. The molecule has 0 aliphatic carbocycles. The third-order valence-electron chi connectivity index (χ3n) is 2.91. The Bertz CT molecular complexity index is 539. The third-order valence-corrected chi connectivity index (χ3v) is 2.91. The van der Waals surface area contributed by atoms with Crippen LogP contribution in [0.2, 0.25) is 0 Å². The molecule has 0 heterocycles. The van der Waals surface area contributed by atoms with Gasteiger partial charge in [0.05, 0.1) is 12.5 Å². The van der Waals surface area contributed by atoms with Crippen molar-refractivity contribution in [3.63, 3.8) is 0 Å². The molecule has 0 bridgehead atoms. The van der Waals surface area contributed by atoms with Gasteiger partial charge in [0, 0.05) is 13.1 Å². The molecule has 0 saturated carbocycles. The highest BCUT2D eigenvalue weighted by atomic mass is 19.1. The fourth-order valence-electron chi connectivity index (χ4n) is 1.66. The highest BCUT2D eigenvalue weighted by Gasteiger charge is 2.24. The fraction of sp³-hybridized carbons (Fsp3) is 0.357. The molecule has 21 heavy (non-hydrogen) atoms. The van der Waals surface area contributed by atoms with Crippen LogP contribution in [0, 0.1) is 17.1 Å². The molecule has 6 nitrogen and oxygen atoms in total. The summed E-state index contributed by atoms with van der Waals surface area (Å²) in [7, 11) is 0. The summed E-state index contributed by atoms with van der Waals surface area (Å²) in [6, 6.07) is 5.85. The molecule has 0 aliphatic heterocycles. The Balaban J connectivity index is 2.65. The van der Waals surface area contributed by atoms with Crippen LogP contribution in [0.3, 0.4) is 0 Å². The minimum absolute atomic E-state index is 0.0270. The molecule has 0 radical (unpaired) electrons. The van der Waals surface area contributed by atoms with Crippen molar-refractivity contribution in [2.45, 2.75) is 25.9 Å². The second-order valence-corrected chi connectivity index (χ2v) is 4.40. The van der Waals surface area contributed by atoms with E-state index in [4.69, 9.17) is 10.4 Å². The number of urea groups is 1. The maximum atomic E-state index is 12.8. The molecule has 2 N–H and O–H groups in total. The normalized spacial score (nSPS) is 11.3. The van der Waals surface area contributed by atoms with Crippen LogP contribution in [0.4, 0.5) is 9.18 Å². The van der Waals surface area contributed by atoms with Crippen molar-refractivity contribution in [2.75, 3.05) is 6.54 Å². The van der Waals surface area contributed by atoms with Crippen molar-refractivity contribution in [2.24, 2.45) is 0 Å². The van der Waals surface area contributed by atoms with E-state index in [1.807, 2.05) is 6.07 Å². The van der Waals surface area contributed by atoms with Gasteiger partial charge in [-0.2, -0.15) is 5.26 Å². The van der Waals surface area contributed by atoms with E-state index in [9.17, 15) is 14.0 Å². The molecular formula is C14H16FN3O3. The lowest BCUT2D eigenvalue weighted by Crippen LogP contribution is -2.48. The smallest absolute Gasteiger partial charge is 0.326 e. The van der Waals surface area contributed by atoms with Crippen molar-refractivity contribution < 1.29 is 19.1 Å². The van der Waals surface area contributed by atoms with E-state index in [0.29, 0.717) is 5.56 Å². The number of nitrogens with one attached hydrogen (secondary N) is 1. The molecule has 1 atom stereocenters. The second-order valence-electron chi connectivity index (χ2n) is 4.40. The highest BCUT2D eigenvalue weighted by molar-refractivity contribution is 5.82. The van der Waals surface area contributed by atoms with Crippen molar-refractivity contribution >= 4 is 12.0 Å². The van der Waals surface area contributed by atoms with Gasteiger partial charge >= 0.3 is 12.0 Å². The van der Waals surface area contributed by atoms with Crippen molar-refractivity contribution in [3.8, 4) is 6.07 Å². The molecular weight excluding hydrogens is 277 g/mol. The van der Waals surface area contributed by atoms with E-state index >= 15 is 0 Å². The SMILES string of the molecule is CC(C(=O)O)N(CCC#N)C(=O)NCc1ccc(F)cc1. The van der Waals surface area contributed by atoms with Gasteiger partial charge in [0.25, 0.3) is 0 Å². The zero-order chi connectivity index (χ0) is 15.8. The van der Waals surface area contributed by atoms with Crippen LogP contribution < -0.4 is 5.32 Å². The number of aliphatic carboxylic acids is 1. The number of nitrogens with zero attached hydrogens (tertiary/aromatic N) is 2. The first-order valence-electron chi connectivity index (χ1n) is 6.34. The Morgan fingerprint density at radius 3 is 2.57 bits per heavy atom. The first kappa shape index (κ1) is 16.4. The third kappa shape index (κ3) is 5.10. The van der Waals surface area contributed by atoms with Crippen LogP contribution in [0.5, 0.6) is 0 Å². The Labute approximate surface area is 121 Å². The van der Waals surface area contributed by atoms with Gasteiger partial charge < -0.3 is 15.3 Å². The minimum atomic E-state index is -1.15. The van der Waals surface area contributed by atoms with Crippen LogP contribution >= 0.6 is 0 Å². The summed E-state index contributed by atoms with van der Waals surface area (Å²) in [5, 5.41) is 20.1. The van der Waals surface area contributed by atoms with Crippen molar-refractivity contribution in [3.05, 3.63) is 35.6 Å². The summed E-state index contributed by atoms with van der Waals surface area (Å²) >= 11 is 0. The van der Waals surface area contributed by atoms with Gasteiger partial charge in [-0.05, 0) is 24.6 Å². The number of carbonyl (C=O) groups excluding carboxylic acids is 1. The largest absolute Gasteiger partial charge is 0.480 e. The standard InChI is InChI=1S/C14H16FN3O3/c1-10(13(19)20)18(8-2-7-16)14(21)17-9-11-3-5-12(15)6-4-11/h3-6,10H,2,8-9H2,1H3,(H,17,21)(H,19,20). The molecule has 1 aromatic carbocycles. The molecule has 1 rings (SSSR count). The lowest BCUT2D eigenvalue weighted by atomic mass is 10.2. The average Bonchev–Trinajstić information content (AvgIpc) is 2.46. The zero-order valence-corrected chi connectivity index (χ0v) is 11.5. The number of benzene rings is 1. The summed E-state index contributed by atoms with van der Waals surface area (Å²) in [5.41, 5.74) is 0.688. The van der Waals surface area contributed by atoms with E-state index in [1.54, 1.807) is 0 Å². The number of carboxylic acids is 1. The molecule has 0 spiro atoms. The van der Waals surface area contributed by atoms with Crippen LogP contribution in [0.25, 0.3) is 0 Å². The Morgan fingerprint density at radius 2 is 2.05 bits per heavy atom. The molecule has 2 amide bonds. The van der Waals surface area contributed by atoms with E-state index in [-0.39, 0.29) is 25.3 Å².